The van der Waals surface area contributed by atoms with Gasteiger partial charge in [-0.2, -0.15) is 18.4 Å². The van der Waals surface area contributed by atoms with Crippen LogP contribution in [0.1, 0.15) is 31.8 Å². The van der Waals surface area contributed by atoms with Gasteiger partial charge >= 0.3 is 12.1 Å². The van der Waals surface area contributed by atoms with E-state index in [4.69, 9.17) is 5.26 Å². The number of hydrogen-bond acceptors (Lipinski definition) is 4. The molecule has 0 saturated carbocycles. The molecule has 0 atom stereocenters. The minimum Gasteiger partial charge on any atom is -0.465 e. The Morgan fingerprint density at radius 2 is 2.06 bits per heavy atom. The minimum absolute atomic E-state index is 0.0594. The van der Waals surface area contributed by atoms with Crippen LogP contribution in [0, 0.1) is 11.3 Å². The highest BCUT2D eigenvalue weighted by Gasteiger charge is 2.37. The molecule has 0 aliphatic carbocycles. The number of hydrogen-bond donors (Lipinski definition) is 0. The molecule has 1 aromatic rings. The molecule has 0 aliphatic rings. The van der Waals surface area contributed by atoms with Crippen molar-refractivity contribution in [2.24, 2.45) is 0 Å². The molecule has 0 bridgehead atoms. The lowest BCUT2D eigenvalue weighted by molar-refractivity contribution is -0.138. The molecule has 4 nitrogen and oxygen atoms in total. The molecule has 0 spiro atoms. The molecule has 1 aromatic carbocycles. The molecule has 0 heterocycles. The summed E-state index contributed by atoms with van der Waals surface area (Å²) in [6, 6.07) is 2.79. The first kappa shape index (κ1) is 13.7. The van der Waals surface area contributed by atoms with E-state index in [1.807, 2.05) is 0 Å². The van der Waals surface area contributed by atoms with Crippen molar-refractivity contribution in [2.45, 2.75) is 6.18 Å². The number of esters is 1. The zero-order valence-corrected chi connectivity index (χ0v) is 9.04. The first-order valence-electron chi connectivity index (χ1n) is 4.54. The number of rotatable bonds is 2. The fraction of sp³-hybridized carbons (Fsp3) is 0.182. The lowest BCUT2D eigenvalue weighted by Gasteiger charge is -2.12. The highest BCUT2D eigenvalue weighted by atomic mass is 19.4. The lowest BCUT2D eigenvalue weighted by Crippen LogP contribution is -2.14. The van der Waals surface area contributed by atoms with E-state index < -0.39 is 28.8 Å². The van der Waals surface area contributed by atoms with Crippen molar-refractivity contribution in [1.82, 2.24) is 0 Å². The number of carbonyl (C=O) groups excluding carboxylic acids is 2. The molecule has 18 heavy (non-hydrogen) atoms. The third-order valence-electron chi connectivity index (χ3n) is 2.12. The van der Waals surface area contributed by atoms with Crippen molar-refractivity contribution < 1.29 is 27.5 Å². The minimum atomic E-state index is -4.85. The summed E-state index contributed by atoms with van der Waals surface area (Å²) in [7, 11) is 1.03. The molecule has 0 amide bonds. The standard InChI is InChI=1S/C11H6F3NO3/c1-18-10(17)6-2-7(4-15)9(11(12,13)14)8(3-6)5-16/h2-3,5H,1H3. The van der Waals surface area contributed by atoms with Gasteiger partial charge in [-0.25, -0.2) is 4.79 Å². The maximum atomic E-state index is 12.7. The first-order valence-corrected chi connectivity index (χ1v) is 4.54. The number of benzene rings is 1. The molecular weight excluding hydrogens is 251 g/mol. The molecule has 94 valence electrons. The van der Waals surface area contributed by atoms with Crippen LogP contribution in [0.5, 0.6) is 0 Å². The van der Waals surface area contributed by atoms with E-state index in [0.717, 1.165) is 19.2 Å². The molecule has 0 saturated heterocycles. The SMILES string of the molecule is COC(=O)c1cc(C#N)c(C(F)(F)F)c(C=O)c1. The zero-order valence-electron chi connectivity index (χ0n) is 9.04. The number of nitrogens with zero attached hydrogens (tertiary/aromatic N) is 1. The normalized spacial score (nSPS) is 10.6. The smallest absolute Gasteiger partial charge is 0.418 e. The second-order valence-corrected chi connectivity index (χ2v) is 3.21. The van der Waals surface area contributed by atoms with Crippen LogP contribution < -0.4 is 0 Å². The van der Waals surface area contributed by atoms with Crippen LogP contribution in [-0.4, -0.2) is 19.4 Å². The molecule has 0 aliphatic heterocycles. The Labute approximate surface area is 99.6 Å². The van der Waals surface area contributed by atoms with Crippen LogP contribution in [0.15, 0.2) is 12.1 Å². The first-order chi connectivity index (χ1) is 8.35. The second kappa shape index (κ2) is 4.87. The number of ether oxygens (including phenoxy) is 1. The van der Waals surface area contributed by atoms with E-state index in [1.165, 1.54) is 6.07 Å². The van der Waals surface area contributed by atoms with Crippen molar-refractivity contribution >= 4 is 12.3 Å². The quantitative estimate of drug-likeness (QED) is 0.601. The molecular formula is C11H6F3NO3. The van der Waals surface area contributed by atoms with Gasteiger partial charge in [0.2, 0.25) is 0 Å². The van der Waals surface area contributed by atoms with Crippen LogP contribution in [0.25, 0.3) is 0 Å². The van der Waals surface area contributed by atoms with Gasteiger partial charge in [-0.15, -0.1) is 0 Å². The third-order valence-corrected chi connectivity index (χ3v) is 2.12. The van der Waals surface area contributed by atoms with Gasteiger partial charge in [0.1, 0.15) is 0 Å². The summed E-state index contributed by atoms with van der Waals surface area (Å²) in [5.41, 5.74) is -3.22. The summed E-state index contributed by atoms with van der Waals surface area (Å²) in [6.07, 6.45) is -4.91. The van der Waals surface area contributed by atoms with Gasteiger partial charge in [0.25, 0.3) is 0 Å². The summed E-state index contributed by atoms with van der Waals surface area (Å²) >= 11 is 0. The number of carbonyl (C=O) groups is 2. The predicted octanol–water partition coefficient (Wildman–Crippen LogP) is 2.18. The van der Waals surface area contributed by atoms with Gasteiger partial charge in [-0.3, -0.25) is 4.79 Å². The van der Waals surface area contributed by atoms with Gasteiger partial charge in [-0.05, 0) is 12.1 Å². The summed E-state index contributed by atoms with van der Waals surface area (Å²) < 4.78 is 42.3. The molecule has 0 fully saturated rings. The summed E-state index contributed by atoms with van der Waals surface area (Å²) in [5.74, 6) is -0.927. The average Bonchev–Trinajstić information content (AvgIpc) is 2.34. The number of methoxy groups -OCH3 is 1. The fourth-order valence-electron chi connectivity index (χ4n) is 1.40. The highest BCUT2D eigenvalue weighted by Crippen LogP contribution is 2.34. The summed E-state index contributed by atoms with van der Waals surface area (Å²) in [5, 5.41) is 8.66. The number of halogens is 3. The zero-order chi connectivity index (χ0) is 13.9. The third kappa shape index (κ3) is 2.48. The Kier molecular flexibility index (Phi) is 3.71. The Morgan fingerprint density at radius 1 is 1.44 bits per heavy atom. The second-order valence-electron chi connectivity index (χ2n) is 3.21. The lowest BCUT2D eigenvalue weighted by atomic mass is 9.98. The maximum Gasteiger partial charge on any atom is 0.418 e. The van der Waals surface area contributed by atoms with Crippen LogP contribution in [0.2, 0.25) is 0 Å². The molecule has 1 rings (SSSR count). The van der Waals surface area contributed by atoms with Gasteiger partial charge in [-0.1, -0.05) is 0 Å². The van der Waals surface area contributed by atoms with Crippen LogP contribution in [0.4, 0.5) is 13.2 Å². The Balaban J connectivity index is 3.61. The molecule has 0 unspecified atom stereocenters. The van der Waals surface area contributed by atoms with Gasteiger partial charge in [0.15, 0.2) is 6.29 Å². The fourth-order valence-corrected chi connectivity index (χ4v) is 1.40. The molecule has 0 radical (unpaired) electrons. The highest BCUT2D eigenvalue weighted by molar-refractivity contribution is 5.93. The van der Waals surface area contributed by atoms with Gasteiger partial charge in [0, 0.05) is 5.56 Å². The Morgan fingerprint density at radius 3 is 2.44 bits per heavy atom. The molecule has 7 heteroatoms. The molecule has 0 N–H and O–H groups in total. The van der Waals surface area contributed by atoms with Crippen molar-refractivity contribution in [1.29, 1.82) is 5.26 Å². The molecule has 0 aromatic heterocycles. The van der Waals surface area contributed by atoms with Gasteiger partial charge in [0.05, 0.1) is 29.9 Å². The predicted molar refractivity (Wildman–Crippen MR) is 52.9 cm³/mol. The van der Waals surface area contributed by atoms with E-state index in [2.05, 4.69) is 4.74 Å². The van der Waals surface area contributed by atoms with Crippen LogP contribution in [0.3, 0.4) is 0 Å². The van der Waals surface area contributed by atoms with E-state index >= 15 is 0 Å². The topological polar surface area (TPSA) is 67.2 Å². The van der Waals surface area contributed by atoms with E-state index in [9.17, 15) is 22.8 Å². The maximum absolute atomic E-state index is 12.7. The monoisotopic (exact) mass is 257 g/mol. The van der Waals surface area contributed by atoms with Gasteiger partial charge < -0.3 is 4.74 Å². The number of nitriles is 1. The average molecular weight is 257 g/mol. The van der Waals surface area contributed by atoms with Crippen LogP contribution in [-0.2, 0) is 10.9 Å². The van der Waals surface area contributed by atoms with Crippen molar-refractivity contribution in [3.05, 3.63) is 34.4 Å². The van der Waals surface area contributed by atoms with Crippen molar-refractivity contribution in [2.75, 3.05) is 7.11 Å². The van der Waals surface area contributed by atoms with Crippen molar-refractivity contribution in [3.8, 4) is 6.07 Å². The van der Waals surface area contributed by atoms with E-state index in [0.29, 0.717) is 0 Å². The number of alkyl halides is 3. The summed E-state index contributed by atoms with van der Waals surface area (Å²) in [4.78, 5) is 21.8. The largest absolute Gasteiger partial charge is 0.465 e. The van der Waals surface area contributed by atoms with E-state index in [-0.39, 0.29) is 11.8 Å². The van der Waals surface area contributed by atoms with Crippen LogP contribution >= 0.6 is 0 Å². The van der Waals surface area contributed by atoms with Crippen molar-refractivity contribution in [3.63, 3.8) is 0 Å². The Hall–Kier alpha value is -2.36. The van der Waals surface area contributed by atoms with E-state index in [1.54, 1.807) is 0 Å². The number of aldehydes is 1. The Bertz CT molecular complexity index is 544. The summed E-state index contributed by atoms with van der Waals surface area (Å²) in [6.45, 7) is 0.